The van der Waals surface area contributed by atoms with Gasteiger partial charge in [-0.1, -0.05) is 0 Å². The van der Waals surface area contributed by atoms with Crippen molar-refractivity contribution in [3.63, 3.8) is 0 Å². The Bertz CT molecular complexity index is 147. The molecule has 0 spiro atoms. The molecular formula is C5H9BrN2O2. The zero-order chi connectivity index (χ0) is 8.15. The number of carbonyl (C=O) groups excluding carboxylic acids is 2. The molecule has 4 nitrogen and oxygen atoms in total. The van der Waals surface area contributed by atoms with Crippen molar-refractivity contribution < 1.29 is 9.59 Å². The molecule has 0 aromatic rings. The number of amides is 1. The van der Waals surface area contributed by atoms with Crippen molar-refractivity contribution in [2.75, 3.05) is 6.54 Å². The average molecular weight is 209 g/mol. The van der Waals surface area contributed by atoms with Gasteiger partial charge in [-0.15, -0.1) is 0 Å². The molecule has 0 fully saturated rings. The molecule has 3 N–H and O–H groups in total. The average Bonchev–Trinajstić information content (AvgIpc) is 1.82. The Labute approximate surface area is 67.3 Å². The first-order valence-electron chi connectivity index (χ1n) is 2.75. The summed E-state index contributed by atoms with van der Waals surface area (Å²) in [7, 11) is 0. The van der Waals surface area contributed by atoms with Crippen molar-refractivity contribution in [1.82, 2.24) is 5.32 Å². The molecular weight excluding hydrogens is 200 g/mol. The summed E-state index contributed by atoms with van der Waals surface area (Å²) in [4.78, 5) is 20.9. The number of halogens is 1. The third-order valence-electron chi connectivity index (χ3n) is 0.815. The molecule has 0 saturated heterocycles. The number of hydrogen-bond donors (Lipinski definition) is 2. The van der Waals surface area contributed by atoms with Crippen LogP contribution in [0.25, 0.3) is 0 Å². The Morgan fingerprint density at radius 1 is 1.70 bits per heavy atom. The SMILES string of the molecule is C[C@H](N)C(=O)NCC(=O)Br. The second-order valence-electron chi connectivity index (χ2n) is 1.86. The Morgan fingerprint density at radius 3 is 2.50 bits per heavy atom. The molecule has 0 rings (SSSR count). The van der Waals surface area contributed by atoms with Gasteiger partial charge in [-0.25, -0.2) is 0 Å². The molecule has 0 aromatic heterocycles. The van der Waals surface area contributed by atoms with Crippen LogP contribution in [0.1, 0.15) is 6.92 Å². The van der Waals surface area contributed by atoms with E-state index in [1.165, 1.54) is 0 Å². The molecule has 10 heavy (non-hydrogen) atoms. The maximum Gasteiger partial charge on any atom is 0.237 e. The van der Waals surface area contributed by atoms with E-state index in [9.17, 15) is 9.59 Å². The second kappa shape index (κ2) is 4.40. The van der Waals surface area contributed by atoms with Crippen LogP contribution in [0.15, 0.2) is 0 Å². The predicted octanol–water partition coefficient (Wildman–Crippen LogP) is -0.629. The van der Waals surface area contributed by atoms with E-state index in [1.54, 1.807) is 6.92 Å². The highest BCUT2D eigenvalue weighted by Gasteiger charge is 2.06. The van der Waals surface area contributed by atoms with Crippen LogP contribution in [0.2, 0.25) is 0 Å². The summed E-state index contributed by atoms with van der Waals surface area (Å²) < 4.78 is -0.262. The fourth-order valence-electron chi connectivity index (χ4n) is 0.318. The highest BCUT2D eigenvalue weighted by Crippen LogP contribution is 1.81. The van der Waals surface area contributed by atoms with E-state index >= 15 is 0 Å². The molecule has 0 heterocycles. The molecule has 0 saturated carbocycles. The van der Waals surface area contributed by atoms with Crippen LogP contribution >= 0.6 is 15.9 Å². The van der Waals surface area contributed by atoms with Gasteiger partial charge < -0.3 is 11.1 Å². The summed E-state index contributed by atoms with van der Waals surface area (Å²) in [5, 5.41) is 2.32. The topological polar surface area (TPSA) is 72.2 Å². The summed E-state index contributed by atoms with van der Waals surface area (Å²) in [5.74, 6) is -0.326. The van der Waals surface area contributed by atoms with Gasteiger partial charge in [0.1, 0.15) is 0 Å². The lowest BCUT2D eigenvalue weighted by atomic mass is 10.3. The molecule has 0 radical (unpaired) electrons. The van der Waals surface area contributed by atoms with Gasteiger partial charge in [0.2, 0.25) is 10.6 Å². The van der Waals surface area contributed by atoms with Gasteiger partial charge in [0, 0.05) is 0 Å². The lowest BCUT2D eigenvalue weighted by molar-refractivity contribution is -0.123. The van der Waals surface area contributed by atoms with Gasteiger partial charge in [0.25, 0.3) is 0 Å². The summed E-state index contributed by atoms with van der Waals surface area (Å²) in [5.41, 5.74) is 5.18. The van der Waals surface area contributed by atoms with Crippen molar-refractivity contribution in [3.05, 3.63) is 0 Å². The highest BCUT2D eigenvalue weighted by atomic mass is 79.9. The molecule has 1 amide bonds. The Kier molecular flexibility index (Phi) is 4.22. The van der Waals surface area contributed by atoms with Crippen molar-refractivity contribution >= 4 is 26.5 Å². The van der Waals surface area contributed by atoms with Gasteiger partial charge in [0.05, 0.1) is 12.6 Å². The summed E-state index contributed by atoms with van der Waals surface area (Å²) in [6.45, 7) is 1.54. The first kappa shape index (κ1) is 9.58. The molecule has 0 bridgehead atoms. The minimum absolute atomic E-state index is 0.0135. The first-order chi connectivity index (χ1) is 4.54. The van der Waals surface area contributed by atoms with E-state index in [2.05, 4.69) is 21.2 Å². The van der Waals surface area contributed by atoms with E-state index in [4.69, 9.17) is 5.73 Å². The largest absolute Gasteiger partial charge is 0.347 e. The lowest BCUT2D eigenvalue weighted by Gasteiger charge is -2.03. The smallest absolute Gasteiger partial charge is 0.237 e. The molecule has 58 valence electrons. The lowest BCUT2D eigenvalue weighted by Crippen LogP contribution is -2.39. The van der Waals surface area contributed by atoms with Gasteiger partial charge in [0.15, 0.2) is 0 Å². The fourth-order valence-corrected chi connectivity index (χ4v) is 0.458. The predicted molar refractivity (Wildman–Crippen MR) is 40.6 cm³/mol. The van der Waals surface area contributed by atoms with E-state index in [-0.39, 0.29) is 17.1 Å². The molecule has 0 aliphatic heterocycles. The van der Waals surface area contributed by atoms with E-state index in [1.807, 2.05) is 0 Å². The van der Waals surface area contributed by atoms with E-state index < -0.39 is 6.04 Å². The van der Waals surface area contributed by atoms with Crippen LogP contribution in [0.4, 0.5) is 0 Å². The zero-order valence-electron chi connectivity index (χ0n) is 5.56. The minimum Gasteiger partial charge on any atom is -0.347 e. The Morgan fingerprint density at radius 2 is 2.20 bits per heavy atom. The number of rotatable bonds is 3. The van der Waals surface area contributed by atoms with E-state index in [0.717, 1.165) is 0 Å². The van der Waals surface area contributed by atoms with Crippen LogP contribution in [-0.4, -0.2) is 23.2 Å². The summed E-state index contributed by atoms with van der Waals surface area (Å²) in [6.07, 6.45) is 0. The summed E-state index contributed by atoms with van der Waals surface area (Å²) >= 11 is 2.66. The molecule has 0 aliphatic carbocycles. The molecule has 0 aliphatic rings. The van der Waals surface area contributed by atoms with Crippen LogP contribution in [-0.2, 0) is 9.59 Å². The van der Waals surface area contributed by atoms with Crippen LogP contribution in [0.3, 0.4) is 0 Å². The Balaban J connectivity index is 3.50. The molecule has 1 atom stereocenters. The van der Waals surface area contributed by atoms with E-state index in [0.29, 0.717) is 0 Å². The number of carbonyl (C=O) groups is 2. The number of nitrogens with two attached hydrogens (primary N) is 1. The Hall–Kier alpha value is -0.420. The van der Waals surface area contributed by atoms with Crippen molar-refractivity contribution in [2.45, 2.75) is 13.0 Å². The maximum atomic E-state index is 10.6. The third kappa shape index (κ3) is 4.46. The monoisotopic (exact) mass is 208 g/mol. The van der Waals surface area contributed by atoms with Crippen LogP contribution in [0.5, 0.6) is 0 Å². The van der Waals surface area contributed by atoms with Crippen LogP contribution in [0, 0.1) is 0 Å². The van der Waals surface area contributed by atoms with Crippen molar-refractivity contribution in [3.8, 4) is 0 Å². The quantitative estimate of drug-likeness (QED) is 0.608. The van der Waals surface area contributed by atoms with Gasteiger partial charge in [-0.05, 0) is 22.9 Å². The van der Waals surface area contributed by atoms with Gasteiger partial charge in [-0.3, -0.25) is 9.59 Å². The minimum atomic E-state index is -0.563. The molecule has 5 heteroatoms. The zero-order valence-corrected chi connectivity index (χ0v) is 7.14. The fraction of sp³-hybridized carbons (Fsp3) is 0.600. The van der Waals surface area contributed by atoms with Gasteiger partial charge in [-0.2, -0.15) is 0 Å². The molecule has 0 aromatic carbocycles. The molecule has 0 unspecified atom stereocenters. The standard InChI is InChI=1S/C5H9BrN2O2/c1-3(7)5(10)8-2-4(6)9/h3H,2,7H2,1H3,(H,8,10)/t3-/m0/s1. The third-order valence-corrected chi connectivity index (χ3v) is 1.10. The second-order valence-corrected chi connectivity index (χ2v) is 2.75. The normalized spacial score (nSPS) is 12.3. The maximum absolute atomic E-state index is 10.6. The first-order valence-corrected chi connectivity index (χ1v) is 3.55. The number of nitrogens with one attached hydrogen (secondary N) is 1. The van der Waals surface area contributed by atoms with Crippen LogP contribution < -0.4 is 11.1 Å². The van der Waals surface area contributed by atoms with Gasteiger partial charge >= 0.3 is 0 Å². The highest BCUT2D eigenvalue weighted by molar-refractivity contribution is 9.18. The number of hydrogen-bond acceptors (Lipinski definition) is 3. The summed E-state index contributed by atoms with van der Waals surface area (Å²) in [6, 6.07) is -0.563. The van der Waals surface area contributed by atoms with Crippen molar-refractivity contribution in [1.29, 1.82) is 0 Å². The van der Waals surface area contributed by atoms with Crippen molar-refractivity contribution in [2.24, 2.45) is 5.73 Å².